The average molecular weight is 283 g/mol. The first-order valence-electron chi connectivity index (χ1n) is 6.71. The number of rotatable bonds is 5. The van der Waals surface area contributed by atoms with Gasteiger partial charge in [-0.25, -0.2) is 0 Å². The topological polar surface area (TPSA) is 58.6 Å². The van der Waals surface area contributed by atoms with Crippen molar-refractivity contribution in [2.45, 2.75) is 57.4 Å². The molecule has 0 aliphatic carbocycles. The molecule has 0 amide bonds. The van der Waals surface area contributed by atoms with E-state index in [1.54, 1.807) is 11.3 Å². The lowest BCUT2D eigenvalue weighted by atomic mass is 9.98. The minimum Gasteiger partial charge on any atom is -0.481 e. The molecule has 5 heteroatoms. The molecule has 2 heterocycles. The average Bonchev–Trinajstić information content (AvgIpc) is 2.79. The van der Waals surface area contributed by atoms with Crippen LogP contribution in [-0.2, 0) is 9.53 Å². The van der Waals surface area contributed by atoms with Crippen molar-refractivity contribution in [1.29, 1.82) is 0 Å². The fourth-order valence-electron chi connectivity index (χ4n) is 2.73. The van der Waals surface area contributed by atoms with E-state index in [-0.39, 0.29) is 24.7 Å². The van der Waals surface area contributed by atoms with Crippen LogP contribution in [0.2, 0.25) is 0 Å². The van der Waals surface area contributed by atoms with Gasteiger partial charge in [-0.05, 0) is 38.1 Å². The lowest BCUT2D eigenvalue weighted by Gasteiger charge is -2.34. The summed E-state index contributed by atoms with van der Waals surface area (Å²) in [6.45, 7) is 4.14. The number of carbonyl (C=O) groups is 1. The van der Waals surface area contributed by atoms with Crippen molar-refractivity contribution in [3.05, 3.63) is 22.4 Å². The van der Waals surface area contributed by atoms with Crippen molar-refractivity contribution in [3.8, 4) is 0 Å². The molecule has 1 fully saturated rings. The molecule has 0 radical (unpaired) electrons. The Morgan fingerprint density at radius 3 is 2.74 bits per heavy atom. The van der Waals surface area contributed by atoms with Gasteiger partial charge < -0.3 is 15.2 Å². The van der Waals surface area contributed by atoms with Crippen LogP contribution in [0.1, 0.15) is 44.0 Å². The van der Waals surface area contributed by atoms with Crippen molar-refractivity contribution in [2.75, 3.05) is 0 Å². The molecule has 1 aliphatic rings. The molecule has 1 aromatic rings. The second-order valence-electron chi connectivity index (χ2n) is 5.26. The highest BCUT2D eigenvalue weighted by atomic mass is 32.1. The zero-order valence-corrected chi connectivity index (χ0v) is 12.2. The van der Waals surface area contributed by atoms with Crippen molar-refractivity contribution in [2.24, 2.45) is 0 Å². The summed E-state index contributed by atoms with van der Waals surface area (Å²) < 4.78 is 5.72. The number of thiophene rings is 1. The van der Waals surface area contributed by atoms with Crippen LogP contribution in [0.15, 0.2) is 17.5 Å². The van der Waals surface area contributed by atoms with E-state index in [1.165, 1.54) is 0 Å². The summed E-state index contributed by atoms with van der Waals surface area (Å²) in [7, 11) is 0. The van der Waals surface area contributed by atoms with Gasteiger partial charge in [0, 0.05) is 10.9 Å². The van der Waals surface area contributed by atoms with E-state index in [0.29, 0.717) is 6.04 Å². The third-order valence-electron chi connectivity index (χ3n) is 3.40. The SMILES string of the molecule is CC1CC(NC(CC(=O)O)c2cccs2)CC(C)O1. The van der Waals surface area contributed by atoms with Gasteiger partial charge in [-0.1, -0.05) is 6.07 Å². The summed E-state index contributed by atoms with van der Waals surface area (Å²) in [5.41, 5.74) is 0. The van der Waals surface area contributed by atoms with Gasteiger partial charge in [0.05, 0.1) is 24.7 Å². The molecule has 19 heavy (non-hydrogen) atoms. The Balaban J connectivity index is 2.01. The molecule has 2 rings (SSSR count). The van der Waals surface area contributed by atoms with Gasteiger partial charge in [0.2, 0.25) is 0 Å². The molecule has 1 aromatic heterocycles. The summed E-state index contributed by atoms with van der Waals surface area (Å²) >= 11 is 1.61. The number of carboxylic acid groups (broad SMARTS) is 1. The third kappa shape index (κ3) is 4.30. The lowest BCUT2D eigenvalue weighted by molar-refractivity contribution is -0.137. The Kier molecular flexibility index (Phi) is 4.96. The second kappa shape index (κ2) is 6.50. The molecule has 0 saturated carbocycles. The van der Waals surface area contributed by atoms with Crippen LogP contribution >= 0.6 is 11.3 Å². The summed E-state index contributed by atoms with van der Waals surface area (Å²) in [4.78, 5) is 12.1. The first kappa shape index (κ1) is 14.5. The molecule has 0 aromatic carbocycles. The van der Waals surface area contributed by atoms with Crippen molar-refractivity contribution in [1.82, 2.24) is 5.32 Å². The van der Waals surface area contributed by atoms with Gasteiger partial charge in [0.25, 0.3) is 0 Å². The number of ether oxygens (including phenoxy) is 1. The van der Waals surface area contributed by atoms with E-state index in [4.69, 9.17) is 9.84 Å². The van der Waals surface area contributed by atoms with Gasteiger partial charge in [0.1, 0.15) is 0 Å². The number of hydrogen-bond acceptors (Lipinski definition) is 4. The highest BCUT2D eigenvalue weighted by molar-refractivity contribution is 7.10. The molecule has 1 aliphatic heterocycles. The normalized spacial score (nSPS) is 29.1. The number of nitrogens with one attached hydrogen (secondary N) is 1. The molecule has 2 N–H and O–H groups in total. The van der Waals surface area contributed by atoms with Crippen molar-refractivity contribution < 1.29 is 14.6 Å². The minimum absolute atomic E-state index is 0.0972. The van der Waals surface area contributed by atoms with E-state index in [0.717, 1.165) is 17.7 Å². The van der Waals surface area contributed by atoms with E-state index >= 15 is 0 Å². The Hall–Kier alpha value is -0.910. The molecule has 0 spiro atoms. The molecule has 0 bridgehead atoms. The lowest BCUT2D eigenvalue weighted by Crippen LogP contribution is -2.43. The van der Waals surface area contributed by atoms with Crippen LogP contribution in [0.5, 0.6) is 0 Å². The van der Waals surface area contributed by atoms with E-state index in [1.807, 2.05) is 17.5 Å². The maximum absolute atomic E-state index is 11.0. The number of aliphatic carboxylic acids is 1. The van der Waals surface area contributed by atoms with Crippen LogP contribution in [0.4, 0.5) is 0 Å². The van der Waals surface area contributed by atoms with Gasteiger partial charge in [-0.15, -0.1) is 11.3 Å². The Morgan fingerprint density at radius 2 is 2.21 bits per heavy atom. The van der Waals surface area contributed by atoms with Crippen molar-refractivity contribution >= 4 is 17.3 Å². The smallest absolute Gasteiger partial charge is 0.305 e. The highest BCUT2D eigenvalue weighted by Crippen LogP contribution is 2.26. The maximum Gasteiger partial charge on any atom is 0.305 e. The van der Waals surface area contributed by atoms with Gasteiger partial charge in [-0.3, -0.25) is 4.79 Å². The predicted octanol–water partition coefficient (Wildman–Crippen LogP) is 2.81. The first-order chi connectivity index (χ1) is 9.04. The third-order valence-corrected chi connectivity index (χ3v) is 4.39. The molecule has 1 saturated heterocycles. The molecular weight excluding hydrogens is 262 g/mol. The van der Waals surface area contributed by atoms with Crippen LogP contribution < -0.4 is 5.32 Å². The standard InChI is InChI=1S/C14H21NO3S/c1-9-6-11(7-10(2)18-9)15-12(8-14(16)17)13-4-3-5-19-13/h3-5,9-12,15H,6-8H2,1-2H3,(H,16,17). The van der Waals surface area contributed by atoms with Crippen LogP contribution in [0.25, 0.3) is 0 Å². The highest BCUT2D eigenvalue weighted by Gasteiger charge is 2.27. The molecular formula is C14H21NO3S. The first-order valence-corrected chi connectivity index (χ1v) is 7.59. The Morgan fingerprint density at radius 1 is 1.53 bits per heavy atom. The number of hydrogen-bond donors (Lipinski definition) is 2. The summed E-state index contributed by atoms with van der Waals surface area (Å²) in [6, 6.07) is 4.19. The molecule has 3 atom stereocenters. The Labute approximate surface area is 117 Å². The van der Waals surface area contributed by atoms with Gasteiger partial charge in [-0.2, -0.15) is 0 Å². The van der Waals surface area contributed by atoms with Crippen LogP contribution in [0.3, 0.4) is 0 Å². The monoisotopic (exact) mass is 283 g/mol. The fraction of sp³-hybridized carbons (Fsp3) is 0.643. The van der Waals surface area contributed by atoms with Gasteiger partial charge in [0.15, 0.2) is 0 Å². The quantitative estimate of drug-likeness (QED) is 0.872. The van der Waals surface area contributed by atoms with E-state index in [2.05, 4.69) is 19.2 Å². The number of carboxylic acids is 1. The zero-order chi connectivity index (χ0) is 13.8. The van der Waals surface area contributed by atoms with Gasteiger partial charge >= 0.3 is 5.97 Å². The summed E-state index contributed by atoms with van der Waals surface area (Å²) in [6.07, 6.45) is 2.46. The predicted molar refractivity (Wildman–Crippen MR) is 75.5 cm³/mol. The largest absolute Gasteiger partial charge is 0.481 e. The maximum atomic E-state index is 11.0. The van der Waals surface area contributed by atoms with Crippen molar-refractivity contribution in [3.63, 3.8) is 0 Å². The van der Waals surface area contributed by atoms with Crippen LogP contribution in [0, 0.1) is 0 Å². The second-order valence-corrected chi connectivity index (χ2v) is 6.24. The Bertz CT molecular complexity index is 397. The summed E-state index contributed by atoms with van der Waals surface area (Å²) in [5.74, 6) is -0.765. The molecule has 3 unspecified atom stereocenters. The summed E-state index contributed by atoms with van der Waals surface area (Å²) in [5, 5.41) is 14.5. The van der Waals surface area contributed by atoms with E-state index < -0.39 is 5.97 Å². The fourth-order valence-corrected chi connectivity index (χ4v) is 3.52. The molecule has 106 valence electrons. The minimum atomic E-state index is -0.765. The zero-order valence-electron chi connectivity index (χ0n) is 11.3. The molecule has 4 nitrogen and oxygen atoms in total. The van der Waals surface area contributed by atoms with Crippen LogP contribution in [-0.4, -0.2) is 29.3 Å². The van der Waals surface area contributed by atoms with E-state index in [9.17, 15) is 4.79 Å².